The van der Waals surface area contributed by atoms with Crippen molar-refractivity contribution in [1.29, 1.82) is 0 Å². The Bertz CT molecular complexity index is 861. The number of aromatic nitrogens is 2. The van der Waals surface area contributed by atoms with Crippen LogP contribution in [-0.2, 0) is 12.0 Å². The lowest BCUT2D eigenvalue weighted by atomic mass is 9.91. The van der Waals surface area contributed by atoms with Crippen molar-refractivity contribution in [3.8, 4) is 0 Å². The van der Waals surface area contributed by atoms with Gasteiger partial charge in [-0.2, -0.15) is 0 Å². The van der Waals surface area contributed by atoms with Crippen molar-refractivity contribution in [2.45, 2.75) is 32.7 Å². The number of imidazole rings is 1. The fourth-order valence-corrected chi connectivity index (χ4v) is 3.59. The van der Waals surface area contributed by atoms with E-state index in [-0.39, 0.29) is 5.41 Å². The zero-order valence-corrected chi connectivity index (χ0v) is 16.0. The average molecular weight is 356 g/mol. The molecule has 3 rings (SSSR count). The quantitative estimate of drug-likeness (QED) is 0.545. The number of nitrogens with zero attached hydrogens (tertiary/aromatic N) is 3. The highest BCUT2D eigenvalue weighted by atomic mass is 32.1. The van der Waals surface area contributed by atoms with Crippen molar-refractivity contribution in [1.82, 2.24) is 20.0 Å². The number of hydrogen-bond acceptors (Lipinski definition) is 3. The topological polar surface area (TPSA) is 53.7 Å². The van der Waals surface area contributed by atoms with Crippen LogP contribution in [0.15, 0.2) is 46.9 Å². The van der Waals surface area contributed by atoms with Gasteiger partial charge in [-0.25, -0.2) is 4.98 Å². The summed E-state index contributed by atoms with van der Waals surface area (Å²) >= 11 is 1.79. The molecule has 2 N–H and O–H groups in total. The van der Waals surface area contributed by atoms with E-state index in [9.17, 15) is 0 Å². The van der Waals surface area contributed by atoms with Crippen LogP contribution in [0, 0.1) is 6.92 Å². The monoisotopic (exact) mass is 355 g/mol. The van der Waals surface area contributed by atoms with Crippen LogP contribution in [0.4, 0.5) is 0 Å². The molecule has 0 amide bonds. The fourth-order valence-electron chi connectivity index (χ4n) is 2.73. The number of rotatable bonds is 5. The molecule has 132 valence electrons. The molecule has 0 unspecified atom stereocenters. The SMILES string of the molecule is CN=C(NCc1cn2c(C)cccc2n1)NCC(C)(C)c1cccs1. The summed E-state index contributed by atoms with van der Waals surface area (Å²) in [5, 5.41) is 8.90. The predicted molar refractivity (Wildman–Crippen MR) is 105 cm³/mol. The van der Waals surface area contributed by atoms with E-state index in [1.54, 1.807) is 18.4 Å². The Kier molecular flexibility index (Phi) is 5.08. The highest BCUT2D eigenvalue weighted by molar-refractivity contribution is 7.10. The summed E-state index contributed by atoms with van der Waals surface area (Å²) in [7, 11) is 1.79. The second-order valence-electron chi connectivity index (χ2n) is 6.77. The molecule has 0 aliphatic heterocycles. The highest BCUT2D eigenvalue weighted by Crippen LogP contribution is 2.26. The third-order valence-electron chi connectivity index (χ3n) is 4.29. The van der Waals surface area contributed by atoms with Crippen LogP contribution in [0.1, 0.15) is 30.1 Å². The van der Waals surface area contributed by atoms with Gasteiger partial charge < -0.3 is 15.0 Å². The number of aryl methyl sites for hydroxylation is 1. The molecule has 0 radical (unpaired) electrons. The van der Waals surface area contributed by atoms with E-state index in [2.05, 4.69) is 75.6 Å². The molecule has 25 heavy (non-hydrogen) atoms. The minimum Gasteiger partial charge on any atom is -0.356 e. The number of hydrogen-bond donors (Lipinski definition) is 2. The molecule has 0 aliphatic carbocycles. The molecule has 0 saturated carbocycles. The van der Waals surface area contributed by atoms with E-state index in [0.717, 1.165) is 23.8 Å². The number of nitrogens with one attached hydrogen (secondary N) is 2. The summed E-state index contributed by atoms with van der Waals surface area (Å²) in [5.74, 6) is 0.790. The third kappa shape index (κ3) is 4.02. The Labute approximate surface area is 152 Å². The number of thiophene rings is 1. The van der Waals surface area contributed by atoms with Crippen molar-refractivity contribution in [2.75, 3.05) is 13.6 Å². The molecule has 0 aliphatic rings. The maximum absolute atomic E-state index is 4.65. The summed E-state index contributed by atoms with van der Waals surface area (Å²) in [6, 6.07) is 10.4. The standard InChI is InChI=1S/C19H25N5S/c1-14-7-5-9-17-23-15(12-24(14)17)11-21-18(20-4)22-13-19(2,3)16-8-6-10-25-16/h5-10,12H,11,13H2,1-4H3,(H2,20,21,22). The first kappa shape index (κ1) is 17.5. The number of fused-ring (bicyclic) bond motifs is 1. The van der Waals surface area contributed by atoms with Gasteiger partial charge in [-0.05, 0) is 30.5 Å². The first-order valence-electron chi connectivity index (χ1n) is 8.42. The highest BCUT2D eigenvalue weighted by Gasteiger charge is 2.21. The molecule has 0 atom stereocenters. The lowest BCUT2D eigenvalue weighted by Gasteiger charge is -2.25. The van der Waals surface area contributed by atoms with Gasteiger partial charge in [0.15, 0.2) is 5.96 Å². The van der Waals surface area contributed by atoms with Gasteiger partial charge in [0, 0.05) is 35.8 Å². The van der Waals surface area contributed by atoms with Crippen molar-refractivity contribution in [3.05, 3.63) is 58.2 Å². The molecule has 0 spiro atoms. The van der Waals surface area contributed by atoms with E-state index < -0.39 is 0 Å². The summed E-state index contributed by atoms with van der Waals surface area (Å²) in [6.45, 7) is 8.02. The minimum absolute atomic E-state index is 0.0615. The van der Waals surface area contributed by atoms with E-state index in [1.807, 2.05) is 12.1 Å². The molecule has 0 aromatic carbocycles. The molecule has 3 aromatic heterocycles. The lowest BCUT2D eigenvalue weighted by Crippen LogP contribution is -2.43. The second-order valence-corrected chi connectivity index (χ2v) is 7.72. The zero-order valence-electron chi connectivity index (χ0n) is 15.2. The van der Waals surface area contributed by atoms with Gasteiger partial charge in [0.05, 0.1) is 12.2 Å². The van der Waals surface area contributed by atoms with Gasteiger partial charge in [0.2, 0.25) is 0 Å². The smallest absolute Gasteiger partial charge is 0.191 e. The van der Waals surface area contributed by atoms with Crippen LogP contribution in [0.2, 0.25) is 0 Å². The van der Waals surface area contributed by atoms with Crippen LogP contribution in [0.5, 0.6) is 0 Å². The number of aliphatic imine (C=N–C) groups is 1. The van der Waals surface area contributed by atoms with Gasteiger partial charge in [-0.1, -0.05) is 26.0 Å². The normalized spacial score (nSPS) is 12.6. The Morgan fingerprint density at radius 1 is 1.24 bits per heavy atom. The van der Waals surface area contributed by atoms with Crippen LogP contribution in [0.25, 0.3) is 5.65 Å². The van der Waals surface area contributed by atoms with Crippen molar-refractivity contribution in [2.24, 2.45) is 4.99 Å². The summed E-state index contributed by atoms with van der Waals surface area (Å²) < 4.78 is 2.10. The molecule has 0 fully saturated rings. The molecular formula is C19H25N5S. The summed E-state index contributed by atoms with van der Waals surface area (Å²) in [6.07, 6.45) is 2.07. The molecule has 3 aromatic rings. The van der Waals surface area contributed by atoms with Crippen molar-refractivity contribution in [3.63, 3.8) is 0 Å². The molecule has 3 heterocycles. The molecule has 0 saturated heterocycles. The largest absolute Gasteiger partial charge is 0.356 e. The molecular weight excluding hydrogens is 330 g/mol. The summed E-state index contributed by atoms with van der Waals surface area (Å²) in [4.78, 5) is 10.3. The van der Waals surface area contributed by atoms with E-state index in [4.69, 9.17) is 0 Å². The van der Waals surface area contributed by atoms with E-state index in [1.165, 1.54) is 10.6 Å². The lowest BCUT2D eigenvalue weighted by molar-refractivity contribution is 0.518. The minimum atomic E-state index is 0.0615. The predicted octanol–water partition coefficient (Wildman–Crippen LogP) is 3.35. The van der Waals surface area contributed by atoms with Gasteiger partial charge >= 0.3 is 0 Å². The van der Waals surface area contributed by atoms with Gasteiger partial charge in [-0.15, -0.1) is 11.3 Å². The maximum atomic E-state index is 4.65. The Hall–Kier alpha value is -2.34. The second kappa shape index (κ2) is 7.27. The van der Waals surface area contributed by atoms with Gasteiger partial charge in [-0.3, -0.25) is 4.99 Å². The van der Waals surface area contributed by atoms with Gasteiger partial charge in [0.1, 0.15) is 5.65 Å². The van der Waals surface area contributed by atoms with E-state index >= 15 is 0 Å². The molecule has 0 bridgehead atoms. The number of pyridine rings is 1. The first-order valence-corrected chi connectivity index (χ1v) is 9.30. The van der Waals surface area contributed by atoms with E-state index in [0.29, 0.717) is 6.54 Å². The maximum Gasteiger partial charge on any atom is 0.191 e. The van der Waals surface area contributed by atoms with Crippen molar-refractivity contribution < 1.29 is 0 Å². The average Bonchev–Trinajstić information content (AvgIpc) is 3.25. The zero-order chi connectivity index (χ0) is 17.9. The van der Waals surface area contributed by atoms with Crippen molar-refractivity contribution >= 4 is 22.9 Å². The Morgan fingerprint density at radius 3 is 2.76 bits per heavy atom. The van der Waals surface area contributed by atoms with Crippen LogP contribution in [-0.4, -0.2) is 28.9 Å². The first-order chi connectivity index (χ1) is 12.0. The fraction of sp³-hybridized carbons (Fsp3) is 0.368. The van der Waals surface area contributed by atoms with Gasteiger partial charge in [0.25, 0.3) is 0 Å². The molecule has 5 nitrogen and oxygen atoms in total. The number of guanidine groups is 1. The van der Waals surface area contributed by atoms with Crippen LogP contribution in [0.3, 0.4) is 0 Å². The van der Waals surface area contributed by atoms with Crippen LogP contribution >= 0.6 is 11.3 Å². The van der Waals surface area contributed by atoms with Crippen LogP contribution < -0.4 is 10.6 Å². The third-order valence-corrected chi connectivity index (χ3v) is 5.53. The molecule has 6 heteroatoms. The Balaban J connectivity index is 1.60. The summed E-state index contributed by atoms with van der Waals surface area (Å²) in [5.41, 5.74) is 3.20. The Morgan fingerprint density at radius 2 is 2.08 bits per heavy atom.